The zero-order chi connectivity index (χ0) is 16.8. The van der Waals surface area contributed by atoms with Crippen LogP contribution in [0.2, 0.25) is 0 Å². The number of rotatable bonds is 6. The number of pyridine rings is 2. The maximum Gasteiger partial charge on any atom is 0.159 e. The lowest BCUT2D eigenvalue weighted by Crippen LogP contribution is -2.06. The number of carbonyl (C=O) groups excluding carboxylic acids is 1. The molecule has 1 aromatic carbocycles. The van der Waals surface area contributed by atoms with E-state index in [0.29, 0.717) is 5.56 Å². The van der Waals surface area contributed by atoms with Crippen molar-refractivity contribution in [1.82, 2.24) is 9.97 Å². The number of Topliss-reactive ketones (excluding diaryl/α,β-unsaturated/α-hetero) is 1. The molecule has 4 heteroatoms. The fourth-order valence-corrected chi connectivity index (χ4v) is 2.45. The highest BCUT2D eigenvalue weighted by molar-refractivity contribution is 5.95. The lowest BCUT2D eigenvalue weighted by molar-refractivity contribution is 0.101. The Bertz CT molecular complexity index is 814. The molecule has 0 atom stereocenters. The summed E-state index contributed by atoms with van der Waals surface area (Å²) in [4.78, 5) is 20.2. The van der Waals surface area contributed by atoms with Crippen LogP contribution >= 0.6 is 0 Å². The molecule has 3 aromatic rings. The Morgan fingerprint density at radius 3 is 2.62 bits per heavy atom. The third kappa shape index (κ3) is 4.04. The highest BCUT2D eigenvalue weighted by Crippen LogP contribution is 2.21. The molecule has 3 rings (SSSR count). The summed E-state index contributed by atoms with van der Waals surface area (Å²) in [6, 6.07) is 17.5. The first-order valence-electron chi connectivity index (χ1n) is 7.93. The Balaban J connectivity index is 1.63. The molecule has 0 fully saturated rings. The molecule has 0 aliphatic carbocycles. The maximum atomic E-state index is 11.5. The van der Waals surface area contributed by atoms with Gasteiger partial charge in [0, 0.05) is 42.2 Å². The summed E-state index contributed by atoms with van der Waals surface area (Å²) in [5.41, 5.74) is 3.76. The number of carbonyl (C=O) groups is 1. The highest BCUT2D eigenvalue weighted by Gasteiger charge is 2.03. The molecule has 0 amide bonds. The van der Waals surface area contributed by atoms with Crippen LogP contribution in [0.15, 0.2) is 67.0 Å². The lowest BCUT2D eigenvalue weighted by Gasteiger charge is -2.07. The summed E-state index contributed by atoms with van der Waals surface area (Å²) in [6.07, 6.45) is 4.48. The lowest BCUT2D eigenvalue weighted by atomic mass is 10.0. The highest BCUT2D eigenvalue weighted by atomic mass is 16.1. The maximum absolute atomic E-state index is 11.5. The summed E-state index contributed by atoms with van der Waals surface area (Å²) in [7, 11) is 0. The molecule has 120 valence electrons. The van der Waals surface area contributed by atoms with Gasteiger partial charge in [0.1, 0.15) is 5.82 Å². The number of anilines is 1. The van der Waals surface area contributed by atoms with Crippen molar-refractivity contribution in [3.63, 3.8) is 0 Å². The van der Waals surface area contributed by atoms with Crippen molar-refractivity contribution >= 4 is 11.6 Å². The largest absolute Gasteiger partial charge is 0.370 e. The quantitative estimate of drug-likeness (QED) is 0.698. The van der Waals surface area contributed by atoms with Gasteiger partial charge in [0.15, 0.2) is 5.78 Å². The minimum absolute atomic E-state index is 0.0672. The summed E-state index contributed by atoms with van der Waals surface area (Å²) in [5, 5.41) is 3.30. The number of aromatic nitrogens is 2. The van der Waals surface area contributed by atoms with Crippen LogP contribution in [0.5, 0.6) is 0 Å². The number of nitrogens with one attached hydrogen (secondary N) is 1. The second kappa shape index (κ2) is 7.51. The van der Waals surface area contributed by atoms with E-state index in [1.807, 2.05) is 60.8 Å². The molecule has 24 heavy (non-hydrogen) atoms. The molecular formula is C20H19N3O. The topological polar surface area (TPSA) is 54.9 Å². The van der Waals surface area contributed by atoms with Gasteiger partial charge < -0.3 is 5.32 Å². The van der Waals surface area contributed by atoms with Gasteiger partial charge in [-0.1, -0.05) is 24.3 Å². The van der Waals surface area contributed by atoms with E-state index in [1.54, 1.807) is 13.1 Å². The normalized spacial score (nSPS) is 10.4. The van der Waals surface area contributed by atoms with Crippen molar-refractivity contribution < 1.29 is 4.79 Å². The SMILES string of the molecule is CC(=O)c1cccc(-c2ccc(NCCc3ccccn3)nc2)c1. The van der Waals surface area contributed by atoms with E-state index >= 15 is 0 Å². The van der Waals surface area contributed by atoms with E-state index in [0.717, 1.165) is 35.6 Å². The van der Waals surface area contributed by atoms with Crippen LogP contribution in [0.1, 0.15) is 23.0 Å². The van der Waals surface area contributed by atoms with Crippen LogP contribution in [0.4, 0.5) is 5.82 Å². The molecule has 0 saturated carbocycles. The summed E-state index contributed by atoms with van der Waals surface area (Å²) < 4.78 is 0. The van der Waals surface area contributed by atoms with E-state index in [2.05, 4.69) is 15.3 Å². The molecule has 0 aliphatic rings. The number of nitrogens with zero attached hydrogens (tertiary/aromatic N) is 2. The molecule has 0 saturated heterocycles. The smallest absolute Gasteiger partial charge is 0.159 e. The van der Waals surface area contributed by atoms with Crippen LogP contribution in [-0.2, 0) is 6.42 Å². The molecule has 0 radical (unpaired) electrons. The Labute approximate surface area is 141 Å². The molecule has 0 bridgehead atoms. The zero-order valence-electron chi connectivity index (χ0n) is 13.6. The van der Waals surface area contributed by atoms with Crippen molar-refractivity contribution in [1.29, 1.82) is 0 Å². The standard InChI is InChI=1S/C20H19N3O/c1-15(24)16-5-4-6-17(13-16)18-8-9-20(23-14-18)22-12-10-19-7-2-3-11-21-19/h2-9,11,13-14H,10,12H2,1H3,(H,22,23). The van der Waals surface area contributed by atoms with E-state index < -0.39 is 0 Å². The van der Waals surface area contributed by atoms with Gasteiger partial charge in [-0.15, -0.1) is 0 Å². The molecule has 4 nitrogen and oxygen atoms in total. The Hall–Kier alpha value is -3.01. The van der Waals surface area contributed by atoms with E-state index in [9.17, 15) is 4.79 Å². The molecule has 2 heterocycles. The van der Waals surface area contributed by atoms with Gasteiger partial charge in [-0.05, 0) is 42.8 Å². The number of ketones is 1. The van der Waals surface area contributed by atoms with Crippen LogP contribution in [0.3, 0.4) is 0 Å². The summed E-state index contributed by atoms with van der Waals surface area (Å²) >= 11 is 0. The minimum Gasteiger partial charge on any atom is -0.370 e. The second-order valence-corrected chi connectivity index (χ2v) is 5.57. The van der Waals surface area contributed by atoms with Gasteiger partial charge in [-0.25, -0.2) is 4.98 Å². The second-order valence-electron chi connectivity index (χ2n) is 5.57. The van der Waals surface area contributed by atoms with E-state index in [4.69, 9.17) is 0 Å². The molecule has 0 unspecified atom stereocenters. The Morgan fingerprint density at radius 1 is 1.00 bits per heavy atom. The average Bonchev–Trinajstić information content (AvgIpc) is 2.63. The van der Waals surface area contributed by atoms with Crippen molar-refractivity contribution in [2.75, 3.05) is 11.9 Å². The first-order valence-corrected chi connectivity index (χ1v) is 7.93. The zero-order valence-corrected chi connectivity index (χ0v) is 13.6. The first kappa shape index (κ1) is 15.9. The predicted octanol–water partition coefficient (Wildman–Crippen LogP) is 4.00. The van der Waals surface area contributed by atoms with E-state index in [-0.39, 0.29) is 5.78 Å². The van der Waals surface area contributed by atoms with Gasteiger partial charge in [-0.3, -0.25) is 9.78 Å². The molecular weight excluding hydrogens is 298 g/mol. The average molecular weight is 317 g/mol. The minimum atomic E-state index is 0.0672. The van der Waals surface area contributed by atoms with Gasteiger partial charge in [0.25, 0.3) is 0 Å². The summed E-state index contributed by atoms with van der Waals surface area (Å²) in [6.45, 7) is 2.36. The molecule has 2 aromatic heterocycles. The fourth-order valence-electron chi connectivity index (χ4n) is 2.45. The number of hydrogen-bond acceptors (Lipinski definition) is 4. The molecule has 0 spiro atoms. The van der Waals surface area contributed by atoms with Gasteiger partial charge >= 0.3 is 0 Å². The van der Waals surface area contributed by atoms with Gasteiger partial charge in [0.2, 0.25) is 0 Å². The molecule has 1 N–H and O–H groups in total. The van der Waals surface area contributed by atoms with Crippen molar-refractivity contribution in [2.45, 2.75) is 13.3 Å². The van der Waals surface area contributed by atoms with Crippen LogP contribution in [0, 0.1) is 0 Å². The van der Waals surface area contributed by atoms with E-state index in [1.165, 1.54) is 0 Å². The van der Waals surface area contributed by atoms with Crippen LogP contribution in [0.25, 0.3) is 11.1 Å². The van der Waals surface area contributed by atoms with Crippen LogP contribution in [-0.4, -0.2) is 22.3 Å². The first-order chi connectivity index (χ1) is 11.7. The Kier molecular flexibility index (Phi) is 4.96. The van der Waals surface area contributed by atoms with Gasteiger partial charge in [0.05, 0.1) is 0 Å². The van der Waals surface area contributed by atoms with Crippen molar-refractivity contribution in [3.8, 4) is 11.1 Å². The summed E-state index contributed by atoms with van der Waals surface area (Å²) in [5.74, 6) is 0.898. The third-order valence-corrected chi connectivity index (χ3v) is 3.78. The number of benzene rings is 1. The third-order valence-electron chi connectivity index (χ3n) is 3.78. The Morgan fingerprint density at radius 2 is 1.92 bits per heavy atom. The van der Waals surface area contributed by atoms with Gasteiger partial charge in [-0.2, -0.15) is 0 Å². The fraction of sp³-hybridized carbons (Fsp3) is 0.150. The van der Waals surface area contributed by atoms with Crippen LogP contribution < -0.4 is 5.32 Å². The number of hydrogen-bond donors (Lipinski definition) is 1. The van der Waals surface area contributed by atoms with Crippen molar-refractivity contribution in [3.05, 3.63) is 78.2 Å². The molecule has 0 aliphatic heterocycles. The van der Waals surface area contributed by atoms with Crippen molar-refractivity contribution in [2.24, 2.45) is 0 Å². The predicted molar refractivity (Wildman–Crippen MR) is 96.1 cm³/mol. The monoisotopic (exact) mass is 317 g/mol.